The average Bonchev–Trinajstić information content (AvgIpc) is 2.74. The van der Waals surface area contributed by atoms with E-state index in [1.54, 1.807) is 19.2 Å². The number of carbonyl (C=O) groups excluding carboxylic acids is 2. The van der Waals surface area contributed by atoms with Crippen molar-refractivity contribution in [2.45, 2.75) is 25.4 Å². The fraction of sp³-hybridized carbons (Fsp3) is 0.391. The molecule has 1 atom stereocenters. The molecule has 0 saturated carbocycles. The first kappa shape index (κ1) is 21.9. The van der Waals surface area contributed by atoms with Gasteiger partial charge in [0.1, 0.15) is 5.82 Å². The Labute approximate surface area is 176 Å². The number of ether oxygens (including phenoxy) is 1. The Hall–Kier alpha value is -2.77. The van der Waals surface area contributed by atoms with Crippen LogP contribution in [0.2, 0.25) is 0 Å². The lowest BCUT2D eigenvalue weighted by Gasteiger charge is -2.35. The lowest BCUT2D eigenvalue weighted by molar-refractivity contribution is -0.129. The minimum atomic E-state index is -0.415. The van der Waals surface area contributed by atoms with Crippen molar-refractivity contribution < 1.29 is 18.7 Å². The Balaban J connectivity index is 1.61. The summed E-state index contributed by atoms with van der Waals surface area (Å²) in [6.45, 7) is 2.03. The molecule has 30 heavy (non-hydrogen) atoms. The van der Waals surface area contributed by atoms with Crippen molar-refractivity contribution in [1.82, 2.24) is 15.5 Å². The topological polar surface area (TPSA) is 70.7 Å². The zero-order valence-corrected chi connectivity index (χ0v) is 17.2. The van der Waals surface area contributed by atoms with E-state index in [1.807, 2.05) is 29.2 Å². The predicted molar refractivity (Wildman–Crippen MR) is 112 cm³/mol. The molecule has 2 amide bonds. The highest BCUT2D eigenvalue weighted by atomic mass is 19.1. The minimum absolute atomic E-state index is 0.101. The monoisotopic (exact) mass is 413 g/mol. The van der Waals surface area contributed by atoms with Gasteiger partial charge in [-0.25, -0.2) is 4.39 Å². The van der Waals surface area contributed by atoms with Crippen molar-refractivity contribution in [3.8, 4) is 0 Å². The molecule has 160 valence electrons. The number of benzene rings is 2. The molecule has 1 unspecified atom stereocenters. The molecule has 1 aliphatic rings. The third-order valence-corrected chi connectivity index (χ3v) is 5.25. The fourth-order valence-electron chi connectivity index (χ4n) is 3.63. The second-order valence-corrected chi connectivity index (χ2v) is 7.40. The third-order valence-electron chi connectivity index (χ3n) is 5.25. The Morgan fingerprint density at radius 1 is 1.07 bits per heavy atom. The molecule has 0 saturated heterocycles. The van der Waals surface area contributed by atoms with Crippen molar-refractivity contribution in [1.29, 1.82) is 0 Å². The standard InChI is InChI=1S/C23H28FN3O3/c1-30-13-12-25-22(28)16-27-15-19-5-3-2-4-18(19)14-21(27)23(29)26-11-10-17-6-8-20(24)9-7-17/h2-9,21H,10-16H2,1H3,(H,25,28)(H,26,29). The van der Waals surface area contributed by atoms with Gasteiger partial charge in [-0.3, -0.25) is 14.5 Å². The number of halogens is 1. The van der Waals surface area contributed by atoms with E-state index >= 15 is 0 Å². The highest BCUT2D eigenvalue weighted by molar-refractivity contribution is 5.84. The molecule has 6 nitrogen and oxygen atoms in total. The molecule has 2 aromatic carbocycles. The molecule has 0 aromatic heterocycles. The maximum absolute atomic E-state index is 13.0. The van der Waals surface area contributed by atoms with Crippen LogP contribution in [0.5, 0.6) is 0 Å². The van der Waals surface area contributed by atoms with Crippen LogP contribution in [0.3, 0.4) is 0 Å². The number of methoxy groups -OCH3 is 1. The largest absolute Gasteiger partial charge is 0.383 e. The number of nitrogens with one attached hydrogen (secondary N) is 2. The summed E-state index contributed by atoms with van der Waals surface area (Å²) in [5.41, 5.74) is 3.23. The molecule has 0 radical (unpaired) electrons. The molecular formula is C23H28FN3O3. The molecule has 3 rings (SSSR count). The lowest BCUT2D eigenvalue weighted by Crippen LogP contribution is -2.53. The Kier molecular flexibility index (Phi) is 7.93. The van der Waals surface area contributed by atoms with Gasteiger partial charge in [0.25, 0.3) is 0 Å². The van der Waals surface area contributed by atoms with Crippen LogP contribution < -0.4 is 10.6 Å². The number of hydrogen-bond donors (Lipinski definition) is 2. The lowest BCUT2D eigenvalue weighted by atomic mass is 9.93. The van der Waals surface area contributed by atoms with E-state index < -0.39 is 6.04 Å². The van der Waals surface area contributed by atoms with Crippen LogP contribution >= 0.6 is 0 Å². The second kappa shape index (κ2) is 10.8. The van der Waals surface area contributed by atoms with Gasteiger partial charge in [-0.1, -0.05) is 36.4 Å². The van der Waals surface area contributed by atoms with Crippen LogP contribution in [0.1, 0.15) is 16.7 Å². The van der Waals surface area contributed by atoms with Crippen LogP contribution in [-0.4, -0.2) is 56.1 Å². The normalized spacial score (nSPS) is 16.0. The maximum Gasteiger partial charge on any atom is 0.237 e. The first-order valence-corrected chi connectivity index (χ1v) is 10.2. The summed E-state index contributed by atoms with van der Waals surface area (Å²) < 4.78 is 18.0. The Morgan fingerprint density at radius 3 is 2.53 bits per heavy atom. The zero-order chi connectivity index (χ0) is 21.3. The Morgan fingerprint density at radius 2 is 1.80 bits per heavy atom. The zero-order valence-electron chi connectivity index (χ0n) is 17.2. The molecule has 0 spiro atoms. The number of amides is 2. The smallest absolute Gasteiger partial charge is 0.237 e. The molecular weight excluding hydrogens is 385 g/mol. The number of fused-ring (bicyclic) bond motifs is 1. The summed E-state index contributed by atoms with van der Waals surface area (Å²) in [4.78, 5) is 27.2. The van der Waals surface area contributed by atoms with Crippen LogP contribution in [0.25, 0.3) is 0 Å². The second-order valence-electron chi connectivity index (χ2n) is 7.40. The molecule has 1 aliphatic heterocycles. The molecule has 1 heterocycles. The molecule has 7 heteroatoms. The molecule has 2 aromatic rings. The highest BCUT2D eigenvalue weighted by Crippen LogP contribution is 2.23. The van der Waals surface area contributed by atoms with Crippen LogP contribution in [0.4, 0.5) is 4.39 Å². The third kappa shape index (κ3) is 6.11. The van der Waals surface area contributed by atoms with Crippen molar-refractivity contribution in [2.75, 3.05) is 33.4 Å². The Bertz CT molecular complexity index is 857. The van der Waals surface area contributed by atoms with Crippen molar-refractivity contribution in [3.63, 3.8) is 0 Å². The minimum Gasteiger partial charge on any atom is -0.383 e. The molecule has 2 N–H and O–H groups in total. The van der Waals surface area contributed by atoms with Gasteiger partial charge in [0.05, 0.1) is 19.2 Å². The summed E-state index contributed by atoms with van der Waals surface area (Å²) in [5.74, 6) is -0.505. The van der Waals surface area contributed by atoms with E-state index in [4.69, 9.17) is 4.74 Å². The van der Waals surface area contributed by atoms with E-state index in [-0.39, 0.29) is 24.2 Å². The van der Waals surface area contributed by atoms with Gasteiger partial charge >= 0.3 is 0 Å². The number of hydrogen-bond acceptors (Lipinski definition) is 4. The number of nitrogens with zero attached hydrogens (tertiary/aromatic N) is 1. The van der Waals surface area contributed by atoms with Gasteiger partial charge < -0.3 is 15.4 Å². The first-order valence-electron chi connectivity index (χ1n) is 10.2. The van der Waals surface area contributed by atoms with Gasteiger partial charge in [-0.15, -0.1) is 0 Å². The molecule has 0 fully saturated rings. The van der Waals surface area contributed by atoms with Crippen molar-refractivity contribution >= 4 is 11.8 Å². The molecule has 0 aliphatic carbocycles. The van der Waals surface area contributed by atoms with E-state index in [2.05, 4.69) is 10.6 Å². The van der Waals surface area contributed by atoms with E-state index in [9.17, 15) is 14.0 Å². The summed E-state index contributed by atoms with van der Waals surface area (Å²) >= 11 is 0. The quantitative estimate of drug-likeness (QED) is 0.614. The van der Waals surface area contributed by atoms with Gasteiger partial charge in [-0.2, -0.15) is 0 Å². The molecule has 0 bridgehead atoms. The van der Waals surface area contributed by atoms with Crippen LogP contribution in [-0.2, 0) is 33.7 Å². The van der Waals surface area contributed by atoms with Crippen molar-refractivity contribution in [2.24, 2.45) is 0 Å². The van der Waals surface area contributed by atoms with E-state index in [0.29, 0.717) is 39.1 Å². The highest BCUT2D eigenvalue weighted by Gasteiger charge is 2.32. The summed E-state index contributed by atoms with van der Waals surface area (Å²) in [5, 5.41) is 5.79. The van der Waals surface area contributed by atoms with Crippen LogP contribution in [0, 0.1) is 5.82 Å². The SMILES string of the molecule is COCCNC(=O)CN1Cc2ccccc2CC1C(=O)NCCc1ccc(F)cc1. The van der Waals surface area contributed by atoms with Gasteiger partial charge in [-0.05, 0) is 41.7 Å². The summed E-state index contributed by atoms with van der Waals surface area (Å²) in [7, 11) is 1.58. The van der Waals surface area contributed by atoms with E-state index in [0.717, 1.165) is 16.7 Å². The predicted octanol–water partition coefficient (Wildman–Crippen LogP) is 1.67. The summed E-state index contributed by atoms with van der Waals surface area (Å²) in [6, 6.07) is 13.9. The van der Waals surface area contributed by atoms with Crippen LogP contribution in [0.15, 0.2) is 48.5 Å². The van der Waals surface area contributed by atoms with Crippen molar-refractivity contribution in [3.05, 3.63) is 71.0 Å². The first-order chi connectivity index (χ1) is 14.6. The van der Waals surface area contributed by atoms with E-state index in [1.165, 1.54) is 12.1 Å². The van der Waals surface area contributed by atoms with Gasteiger partial charge in [0.2, 0.25) is 11.8 Å². The summed E-state index contributed by atoms with van der Waals surface area (Å²) in [6.07, 6.45) is 1.18. The average molecular weight is 413 g/mol. The fourth-order valence-corrected chi connectivity index (χ4v) is 3.63. The number of carbonyl (C=O) groups is 2. The van der Waals surface area contributed by atoms with Gasteiger partial charge in [0, 0.05) is 26.7 Å². The number of rotatable bonds is 9. The maximum atomic E-state index is 13.0. The van der Waals surface area contributed by atoms with Gasteiger partial charge in [0.15, 0.2) is 0 Å².